The van der Waals surface area contributed by atoms with Crippen LogP contribution in [0.15, 0.2) is 41.8 Å². The molecule has 0 saturated heterocycles. The predicted octanol–water partition coefficient (Wildman–Crippen LogP) is 3.17. The van der Waals surface area contributed by atoms with E-state index in [0.717, 1.165) is 12.0 Å². The number of rotatable bonds is 4. The van der Waals surface area contributed by atoms with Gasteiger partial charge < -0.3 is 5.73 Å². The number of benzene rings is 1. The third kappa shape index (κ3) is 2.68. The van der Waals surface area contributed by atoms with Crippen LogP contribution in [-0.4, -0.2) is 6.54 Å². The fourth-order valence-corrected chi connectivity index (χ4v) is 2.57. The van der Waals surface area contributed by atoms with Crippen LogP contribution in [0.3, 0.4) is 0 Å². The van der Waals surface area contributed by atoms with Crippen molar-refractivity contribution in [2.24, 2.45) is 5.73 Å². The molecule has 2 N–H and O–H groups in total. The van der Waals surface area contributed by atoms with Crippen molar-refractivity contribution in [3.63, 3.8) is 0 Å². The zero-order chi connectivity index (χ0) is 11.4. The molecule has 0 fully saturated rings. The monoisotopic (exact) mass is 235 g/mol. The summed E-state index contributed by atoms with van der Waals surface area (Å²) in [5, 5.41) is 2.06. The van der Waals surface area contributed by atoms with Crippen LogP contribution in [0.25, 0.3) is 0 Å². The minimum absolute atomic E-state index is 0.191. The van der Waals surface area contributed by atoms with E-state index < -0.39 is 0 Å². The summed E-state index contributed by atoms with van der Waals surface area (Å²) in [6, 6.07) is 10.8. The summed E-state index contributed by atoms with van der Waals surface area (Å²) in [7, 11) is 0. The van der Waals surface area contributed by atoms with Crippen molar-refractivity contribution in [1.29, 1.82) is 0 Å². The fourth-order valence-electron chi connectivity index (χ4n) is 1.73. The largest absolute Gasteiger partial charge is 0.330 e. The molecule has 0 radical (unpaired) electrons. The van der Waals surface area contributed by atoms with Crippen LogP contribution in [0.5, 0.6) is 0 Å². The second-order valence-corrected chi connectivity index (χ2v) is 4.76. The van der Waals surface area contributed by atoms with Crippen molar-refractivity contribution in [3.8, 4) is 0 Å². The highest BCUT2D eigenvalue weighted by Crippen LogP contribution is 2.24. The van der Waals surface area contributed by atoms with Crippen molar-refractivity contribution >= 4 is 11.3 Å². The average Bonchev–Trinajstić information content (AvgIpc) is 2.82. The van der Waals surface area contributed by atoms with E-state index >= 15 is 0 Å². The van der Waals surface area contributed by atoms with Crippen molar-refractivity contribution in [3.05, 3.63) is 58.0 Å². The second kappa shape index (κ2) is 5.23. The molecule has 1 atom stereocenters. The highest BCUT2D eigenvalue weighted by atomic mass is 32.1. The maximum absolute atomic E-state index is 12.8. The quantitative estimate of drug-likeness (QED) is 0.865. The highest BCUT2D eigenvalue weighted by Gasteiger charge is 2.11. The van der Waals surface area contributed by atoms with Crippen molar-refractivity contribution in [1.82, 2.24) is 0 Å². The van der Waals surface area contributed by atoms with Crippen LogP contribution in [-0.2, 0) is 6.42 Å². The summed E-state index contributed by atoms with van der Waals surface area (Å²) in [6.07, 6.45) is 0.872. The zero-order valence-electron chi connectivity index (χ0n) is 8.90. The summed E-state index contributed by atoms with van der Waals surface area (Å²) >= 11 is 1.72. The molecule has 1 aromatic heterocycles. The molecule has 0 aliphatic rings. The molecule has 16 heavy (non-hydrogen) atoms. The van der Waals surface area contributed by atoms with Gasteiger partial charge in [0.1, 0.15) is 5.82 Å². The number of hydrogen-bond donors (Lipinski definition) is 1. The first kappa shape index (κ1) is 11.3. The Kier molecular flexibility index (Phi) is 3.70. The van der Waals surface area contributed by atoms with Crippen LogP contribution >= 0.6 is 11.3 Å². The maximum Gasteiger partial charge on any atom is 0.123 e. The number of nitrogens with two attached hydrogens (primary N) is 1. The summed E-state index contributed by atoms with van der Waals surface area (Å²) in [4.78, 5) is 1.30. The lowest BCUT2D eigenvalue weighted by Gasteiger charge is -2.12. The molecule has 0 aliphatic heterocycles. The topological polar surface area (TPSA) is 26.0 Å². The van der Waals surface area contributed by atoms with E-state index in [1.807, 2.05) is 18.2 Å². The van der Waals surface area contributed by atoms with Gasteiger partial charge in [-0.25, -0.2) is 4.39 Å². The molecule has 2 aromatic rings. The molecular formula is C13H14FNS. The molecule has 3 heteroatoms. The lowest BCUT2D eigenvalue weighted by molar-refractivity contribution is 0.625. The SMILES string of the molecule is NCC(Cc1ccc(F)cc1)c1cccs1. The number of thiophene rings is 1. The smallest absolute Gasteiger partial charge is 0.123 e. The van der Waals surface area contributed by atoms with Gasteiger partial charge in [0.2, 0.25) is 0 Å². The van der Waals surface area contributed by atoms with Crippen LogP contribution in [0, 0.1) is 5.82 Å². The molecule has 1 unspecified atom stereocenters. The molecule has 0 spiro atoms. The zero-order valence-corrected chi connectivity index (χ0v) is 9.71. The Bertz CT molecular complexity index is 422. The van der Waals surface area contributed by atoms with Gasteiger partial charge in [0.05, 0.1) is 0 Å². The summed E-state index contributed by atoms with van der Waals surface area (Å²) in [5.41, 5.74) is 6.90. The van der Waals surface area contributed by atoms with Crippen LogP contribution < -0.4 is 5.73 Å². The van der Waals surface area contributed by atoms with Gasteiger partial charge in [0.15, 0.2) is 0 Å². The first-order valence-corrected chi connectivity index (χ1v) is 6.15. The molecule has 1 nitrogen and oxygen atoms in total. The van der Waals surface area contributed by atoms with Crippen molar-refractivity contribution in [2.45, 2.75) is 12.3 Å². The van der Waals surface area contributed by atoms with Gasteiger partial charge in [-0.2, -0.15) is 0 Å². The number of hydrogen-bond acceptors (Lipinski definition) is 2. The van der Waals surface area contributed by atoms with Crippen molar-refractivity contribution in [2.75, 3.05) is 6.54 Å². The van der Waals surface area contributed by atoms with Gasteiger partial charge in [0, 0.05) is 17.3 Å². The third-order valence-electron chi connectivity index (χ3n) is 2.63. The summed E-state index contributed by atoms with van der Waals surface area (Å²) < 4.78 is 12.8. The average molecular weight is 235 g/mol. The normalized spacial score (nSPS) is 12.6. The molecule has 0 amide bonds. The molecule has 0 bridgehead atoms. The van der Waals surface area contributed by atoms with E-state index in [2.05, 4.69) is 11.4 Å². The molecular weight excluding hydrogens is 221 g/mol. The van der Waals surface area contributed by atoms with Gasteiger partial charge in [0.25, 0.3) is 0 Å². The van der Waals surface area contributed by atoms with E-state index in [4.69, 9.17) is 5.73 Å². The van der Waals surface area contributed by atoms with E-state index in [1.54, 1.807) is 11.3 Å². The Labute approximate surface area is 98.7 Å². The van der Waals surface area contributed by atoms with Gasteiger partial charge >= 0.3 is 0 Å². The first-order chi connectivity index (χ1) is 7.79. The van der Waals surface area contributed by atoms with E-state index in [1.165, 1.54) is 17.0 Å². The highest BCUT2D eigenvalue weighted by molar-refractivity contribution is 7.10. The lowest BCUT2D eigenvalue weighted by atomic mass is 9.98. The third-order valence-corrected chi connectivity index (χ3v) is 3.66. The van der Waals surface area contributed by atoms with Crippen LogP contribution in [0.1, 0.15) is 16.4 Å². The molecule has 0 aliphatic carbocycles. The van der Waals surface area contributed by atoms with E-state index in [9.17, 15) is 4.39 Å². The Morgan fingerprint density at radius 3 is 2.50 bits per heavy atom. The molecule has 1 heterocycles. The van der Waals surface area contributed by atoms with E-state index in [0.29, 0.717) is 12.5 Å². The van der Waals surface area contributed by atoms with Crippen molar-refractivity contribution < 1.29 is 4.39 Å². The molecule has 2 rings (SSSR count). The minimum atomic E-state index is -0.191. The Hall–Kier alpha value is -1.19. The molecule has 0 saturated carbocycles. The standard InChI is InChI=1S/C13H14FNS/c14-12-5-3-10(4-6-12)8-11(9-15)13-2-1-7-16-13/h1-7,11H,8-9,15H2. The number of halogens is 1. The van der Waals surface area contributed by atoms with Gasteiger partial charge in [-0.15, -0.1) is 11.3 Å². The maximum atomic E-state index is 12.8. The van der Waals surface area contributed by atoms with Gasteiger partial charge in [-0.3, -0.25) is 0 Å². The molecule has 84 valence electrons. The van der Waals surface area contributed by atoms with E-state index in [-0.39, 0.29) is 5.82 Å². The van der Waals surface area contributed by atoms with Gasteiger partial charge in [-0.05, 0) is 35.6 Å². The van der Waals surface area contributed by atoms with Gasteiger partial charge in [-0.1, -0.05) is 18.2 Å². The Balaban J connectivity index is 2.10. The molecule has 1 aromatic carbocycles. The minimum Gasteiger partial charge on any atom is -0.330 e. The summed E-state index contributed by atoms with van der Waals surface area (Å²) in [6.45, 7) is 0.623. The Morgan fingerprint density at radius 2 is 1.94 bits per heavy atom. The van der Waals surface area contributed by atoms with Crippen LogP contribution in [0.2, 0.25) is 0 Å². The Morgan fingerprint density at radius 1 is 1.19 bits per heavy atom. The first-order valence-electron chi connectivity index (χ1n) is 5.27. The second-order valence-electron chi connectivity index (χ2n) is 3.78. The fraction of sp³-hybridized carbons (Fsp3) is 0.231. The lowest BCUT2D eigenvalue weighted by Crippen LogP contribution is -2.13. The summed E-state index contributed by atoms with van der Waals surface area (Å²) in [5.74, 6) is 0.148. The predicted molar refractivity (Wildman–Crippen MR) is 66.2 cm³/mol. The van der Waals surface area contributed by atoms with Crippen LogP contribution in [0.4, 0.5) is 4.39 Å².